The van der Waals surface area contributed by atoms with Crippen LogP contribution in [0.2, 0.25) is 0 Å². The molecule has 1 aliphatic heterocycles. The summed E-state index contributed by atoms with van der Waals surface area (Å²) >= 11 is 0. The Bertz CT molecular complexity index is 1130. The number of nitrogens with one attached hydrogen (secondary N) is 1. The van der Waals surface area contributed by atoms with Crippen LogP contribution in [0.3, 0.4) is 0 Å². The smallest absolute Gasteiger partial charge is 0.415 e. The van der Waals surface area contributed by atoms with Gasteiger partial charge in [0.15, 0.2) is 0 Å². The molecule has 0 saturated carbocycles. The van der Waals surface area contributed by atoms with Crippen molar-refractivity contribution in [1.29, 1.82) is 0 Å². The lowest BCUT2D eigenvalue weighted by atomic mass is 9.95. The van der Waals surface area contributed by atoms with Gasteiger partial charge >= 0.3 is 6.09 Å². The summed E-state index contributed by atoms with van der Waals surface area (Å²) in [5.41, 5.74) is -0.296. The molecule has 6 heteroatoms. The summed E-state index contributed by atoms with van der Waals surface area (Å²) in [5.74, 6) is -0.641. The van der Waals surface area contributed by atoms with Gasteiger partial charge in [-0.2, -0.15) is 0 Å². The molecule has 26 heavy (non-hydrogen) atoms. The van der Waals surface area contributed by atoms with Crippen LogP contribution in [0.5, 0.6) is 0 Å². The molecule has 4 rings (SSSR count). The quantitative estimate of drug-likeness (QED) is 0.772. The fourth-order valence-corrected chi connectivity index (χ4v) is 3.28. The summed E-state index contributed by atoms with van der Waals surface area (Å²) in [5, 5.41) is 4.25. The molecule has 1 aromatic heterocycles. The predicted molar refractivity (Wildman–Crippen MR) is 96.6 cm³/mol. The van der Waals surface area contributed by atoms with E-state index in [-0.39, 0.29) is 11.1 Å². The Balaban J connectivity index is 1.85. The number of alkyl carbamates (subject to hydrolysis) is 1. The van der Waals surface area contributed by atoms with Crippen LogP contribution in [0, 0.1) is 0 Å². The number of benzene rings is 2. The van der Waals surface area contributed by atoms with Gasteiger partial charge in [0.25, 0.3) is 11.5 Å². The van der Waals surface area contributed by atoms with E-state index in [1.807, 2.05) is 42.5 Å². The Hall–Kier alpha value is -3.41. The van der Waals surface area contributed by atoms with E-state index in [2.05, 4.69) is 5.32 Å². The third-order valence-corrected chi connectivity index (χ3v) is 4.81. The number of carbonyl (C=O) groups is 2. The molecule has 3 aromatic rings. The maximum atomic E-state index is 12.9. The summed E-state index contributed by atoms with van der Waals surface area (Å²) in [4.78, 5) is 36.3. The molecular weight excluding hydrogens is 332 g/mol. The van der Waals surface area contributed by atoms with Crippen LogP contribution in [0.25, 0.3) is 22.0 Å². The Labute approximate surface area is 149 Å². The average molecular weight is 348 g/mol. The molecule has 0 radical (unpaired) electrons. The van der Waals surface area contributed by atoms with Gasteiger partial charge in [-0.05, 0) is 41.5 Å². The first-order valence-corrected chi connectivity index (χ1v) is 8.14. The highest BCUT2D eigenvalue weighted by molar-refractivity contribution is 6.03. The van der Waals surface area contributed by atoms with Gasteiger partial charge in [-0.1, -0.05) is 36.4 Å². The molecule has 1 saturated heterocycles. The van der Waals surface area contributed by atoms with Gasteiger partial charge in [0.2, 0.25) is 5.60 Å². The fraction of sp³-hybridized carbons (Fsp3) is 0.150. The van der Waals surface area contributed by atoms with E-state index < -0.39 is 17.6 Å². The van der Waals surface area contributed by atoms with E-state index in [1.54, 1.807) is 19.2 Å². The number of fused-ring (bicyclic) bond motifs is 1. The summed E-state index contributed by atoms with van der Waals surface area (Å²) < 4.78 is 6.54. The molecule has 0 aliphatic carbocycles. The number of nitrogens with zero attached hydrogens (tertiary/aromatic N) is 1. The number of hydrogen-bond acceptors (Lipinski definition) is 4. The zero-order valence-electron chi connectivity index (χ0n) is 14.3. The van der Waals surface area contributed by atoms with Crippen molar-refractivity contribution >= 4 is 22.8 Å². The van der Waals surface area contributed by atoms with Crippen molar-refractivity contribution < 1.29 is 14.3 Å². The highest BCUT2D eigenvalue weighted by Crippen LogP contribution is 2.29. The van der Waals surface area contributed by atoms with Gasteiger partial charge in [-0.3, -0.25) is 14.9 Å². The van der Waals surface area contributed by atoms with E-state index in [1.165, 1.54) is 11.5 Å². The molecule has 2 aromatic carbocycles. The lowest BCUT2D eigenvalue weighted by Gasteiger charge is -2.20. The van der Waals surface area contributed by atoms with Gasteiger partial charge in [-0.15, -0.1) is 0 Å². The minimum atomic E-state index is -1.62. The van der Waals surface area contributed by atoms with Crippen molar-refractivity contribution in [2.24, 2.45) is 7.05 Å². The first kappa shape index (κ1) is 16.1. The zero-order valence-corrected chi connectivity index (χ0v) is 14.3. The number of imide groups is 1. The van der Waals surface area contributed by atoms with Gasteiger partial charge in [0.1, 0.15) is 0 Å². The van der Waals surface area contributed by atoms with Crippen LogP contribution in [0.4, 0.5) is 4.79 Å². The number of carbonyl (C=O) groups excluding carboxylic acids is 2. The van der Waals surface area contributed by atoms with Crippen LogP contribution in [0.1, 0.15) is 12.5 Å². The number of ether oxygens (including phenoxy) is 1. The first-order valence-electron chi connectivity index (χ1n) is 8.14. The molecule has 6 nitrogen and oxygen atoms in total. The Morgan fingerprint density at radius 2 is 1.69 bits per heavy atom. The number of cyclic esters (lactones) is 1. The van der Waals surface area contributed by atoms with Gasteiger partial charge < -0.3 is 9.30 Å². The topological polar surface area (TPSA) is 77.4 Å². The van der Waals surface area contributed by atoms with Crippen molar-refractivity contribution in [2.75, 3.05) is 0 Å². The number of hydrogen-bond donors (Lipinski definition) is 1. The van der Waals surface area contributed by atoms with E-state index in [0.717, 1.165) is 16.3 Å². The third-order valence-electron chi connectivity index (χ3n) is 4.81. The average Bonchev–Trinajstić information content (AvgIpc) is 2.89. The molecule has 0 bridgehead atoms. The lowest BCUT2D eigenvalue weighted by molar-refractivity contribution is -0.130. The van der Waals surface area contributed by atoms with Crippen molar-refractivity contribution in [3.63, 3.8) is 0 Å². The third kappa shape index (κ3) is 2.30. The summed E-state index contributed by atoms with van der Waals surface area (Å²) in [6, 6.07) is 17.2. The highest BCUT2D eigenvalue weighted by Gasteiger charge is 2.48. The minimum Gasteiger partial charge on any atom is -0.428 e. The number of amides is 2. The first-order chi connectivity index (χ1) is 12.4. The molecule has 0 spiro atoms. The van der Waals surface area contributed by atoms with Gasteiger partial charge in [0, 0.05) is 7.05 Å². The molecule has 1 unspecified atom stereocenters. The SMILES string of the molecule is Cn1c(-c2ccc3ccccc3c2)ccc(C2(C)OC(=O)NC2=O)c1=O. The monoisotopic (exact) mass is 348 g/mol. The maximum Gasteiger partial charge on any atom is 0.415 e. The largest absolute Gasteiger partial charge is 0.428 e. The summed E-state index contributed by atoms with van der Waals surface area (Å²) in [6.07, 6.45) is -0.849. The van der Waals surface area contributed by atoms with E-state index in [0.29, 0.717) is 5.69 Å². The van der Waals surface area contributed by atoms with Crippen molar-refractivity contribution in [3.8, 4) is 11.3 Å². The molecule has 2 amide bonds. The molecule has 1 N–H and O–H groups in total. The molecule has 1 fully saturated rings. The molecule has 130 valence electrons. The predicted octanol–water partition coefficient (Wildman–Crippen LogP) is 2.69. The summed E-state index contributed by atoms with van der Waals surface area (Å²) in [7, 11) is 1.63. The standard InChI is InChI=1S/C20H16N2O4/c1-20(18(24)21-19(25)26-20)15-9-10-16(22(2)17(15)23)14-8-7-12-5-3-4-6-13(12)11-14/h3-11H,1-2H3,(H,21,24,25). The van der Waals surface area contributed by atoms with Crippen LogP contribution in [-0.2, 0) is 22.2 Å². The minimum absolute atomic E-state index is 0.118. The number of rotatable bonds is 2. The Morgan fingerprint density at radius 3 is 2.38 bits per heavy atom. The zero-order chi connectivity index (χ0) is 18.5. The maximum absolute atomic E-state index is 12.9. The van der Waals surface area contributed by atoms with Gasteiger partial charge in [-0.25, -0.2) is 4.79 Å². The number of aromatic nitrogens is 1. The molecular formula is C20H16N2O4. The van der Waals surface area contributed by atoms with Crippen LogP contribution < -0.4 is 10.9 Å². The van der Waals surface area contributed by atoms with Crippen molar-refractivity contribution in [2.45, 2.75) is 12.5 Å². The highest BCUT2D eigenvalue weighted by atomic mass is 16.6. The van der Waals surface area contributed by atoms with E-state index >= 15 is 0 Å². The van der Waals surface area contributed by atoms with Crippen molar-refractivity contribution in [1.82, 2.24) is 9.88 Å². The van der Waals surface area contributed by atoms with Crippen molar-refractivity contribution in [3.05, 3.63) is 70.5 Å². The van der Waals surface area contributed by atoms with E-state index in [4.69, 9.17) is 4.74 Å². The van der Waals surface area contributed by atoms with Crippen LogP contribution in [0.15, 0.2) is 59.4 Å². The molecule has 1 aliphatic rings. The number of pyridine rings is 1. The van der Waals surface area contributed by atoms with E-state index in [9.17, 15) is 14.4 Å². The summed E-state index contributed by atoms with van der Waals surface area (Å²) in [6.45, 7) is 1.42. The second-order valence-corrected chi connectivity index (χ2v) is 6.44. The molecule has 2 heterocycles. The normalized spacial score (nSPS) is 19.5. The Morgan fingerprint density at radius 1 is 0.962 bits per heavy atom. The van der Waals surface area contributed by atoms with Gasteiger partial charge in [0.05, 0.1) is 11.3 Å². The second kappa shape index (κ2) is 5.56. The Kier molecular flexibility index (Phi) is 3.44. The van der Waals surface area contributed by atoms with Crippen LogP contribution >= 0.6 is 0 Å². The van der Waals surface area contributed by atoms with Crippen LogP contribution in [-0.4, -0.2) is 16.6 Å². The lowest BCUT2D eigenvalue weighted by Crippen LogP contribution is -2.40. The second-order valence-electron chi connectivity index (χ2n) is 6.44. The molecule has 1 atom stereocenters. The fourth-order valence-electron chi connectivity index (χ4n) is 3.28.